The predicted octanol–water partition coefficient (Wildman–Crippen LogP) is 6.41. The first-order valence-corrected chi connectivity index (χ1v) is 12.9. The van der Waals surface area contributed by atoms with Gasteiger partial charge in [-0.15, -0.1) is 11.3 Å². The van der Waals surface area contributed by atoms with Gasteiger partial charge >= 0.3 is 5.97 Å². The van der Waals surface area contributed by atoms with Gasteiger partial charge < -0.3 is 9.84 Å². The highest BCUT2D eigenvalue weighted by molar-refractivity contribution is 7.98. The van der Waals surface area contributed by atoms with Gasteiger partial charge in [-0.05, 0) is 49.6 Å². The fourth-order valence-corrected chi connectivity index (χ4v) is 4.53. The Kier molecular flexibility index (Phi) is 9.30. The standard InChI is InChI=1S/C25H23F3N2O4S2/c1-13(24(32)33)9-17-18(26)10-14(11-19(17)27)23(31)30-25-29-20(12-36-25)15-5-4-6-16(22(15)28)21(34-2)7-8-35-3/h4-6,9-12,21H,7-8H2,1-3H3,(H,32,33)(H,29,30,31)/b13-9+. The van der Waals surface area contributed by atoms with E-state index in [1.54, 1.807) is 35.3 Å². The first kappa shape index (κ1) is 27.4. The van der Waals surface area contributed by atoms with E-state index in [1.165, 1.54) is 14.0 Å². The van der Waals surface area contributed by atoms with Gasteiger partial charge in [0.1, 0.15) is 17.5 Å². The van der Waals surface area contributed by atoms with Crippen molar-refractivity contribution in [3.63, 3.8) is 0 Å². The third kappa shape index (κ3) is 6.34. The number of amides is 1. The Hall–Kier alpha value is -3.15. The lowest BCUT2D eigenvalue weighted by molar-refractivity contribution is -0.132. The first-order chi connectivity index (χ1) is 17.2. The summed E-state index contributed by atoms with van der Waals surface area (Å²) in [6.45, 7) is 1.19. The SMILES string of the molecule is COC(CCSC)c1cccc(-c2csc(NC(=O)c3cc(F)c(/C=C(\C)C(=O)O)c(F)c3)n2)c1F. The molecule has 2 aromatic carbocycles. The van der Waals surface area contributed by atoms with Crippen LogP contribution >= 0.6 is 23.1 Å². The minimum atomic E-state index is -1.32. The van der Waals surface area contributed by atoms with Crippen LogP contribution in [0.15, 0.2) is 41.3 Å². The fraction of sp³-hybridized carbons (Fsp3) is 0.240. The fourth-order valence-electron chi connectivity index (χ4n) is 3.38. The molecule has 0 aliphatic heterocycles. The van der Waals surface area contributed by atoms with E-state index in [1.807, 2.05) is 6.26 Å². The predicted molar refractivity (Wildman–Crippen MR) is 136 cm³/mol. The van der Waals surface area contributed by atoms with Gasteiger partial charge in [0.15, 0.2) is 5.13 Å². The maximum absolute atomic E-state index is 15.3. The zero-order valence-corrected chi connectivity index (χ0v) is 21.2. The Balaban J connectivity index is 1.82. The van der Waals surface area contributed by atoms with Crippen molar-refractivity contribution in [2.45, 2.75) is 19.4 Å². The van der Waals surface area contributed by atoms with Crippen LogP contribution in [0.5, 0.6) is 0 Å². The molecule has 6 nitrogen and oxygen atoms in total. The molecule has 1 unspecified atom stereocenters. The van der Waals surface area contributed by atoms with E-state index < -0.39 is 41.0 Å². The molecule has 1 aromatic heterocycles. The maximum atomic E-state index is 15.3. The normalized spacial score (nSPS) is 12.4. The number of carbonyl (C=O) groups is 2. The van der Waals surface area contributed by atoms with Crippen LogP contribution in [0, 0.1) is 17.5 Å². The number of benzene rings is 2. The van der Waals surface area contributed by atoms with E-state index in [4.69, 9.17) is 9.84 Å². The van der Waals surface area contributed by atoms with E-state index in [-0.39, 0.29) is 27.5 Å². The lowest BCUT2D eigenvalue weighted by Crippen LogP contribution is -2.13. The lowest BCUT2D eigenvalue weighted by atomic mass is 10.0. The Morgan fingerprint density at radius 2 is 1.94 bits per heavy atom. The van der Waals surface area contributed by atoms with Crippen molar-refractivity contribution in [3.05, 3.63) is 75.4 Å². The molecule has 0 aliphatic rings. The van der Waals surface area contributed by atoms with Crippen LogP contribution in [0.2, 0.25) is 0 Å². The van der Waals surface area contributed by atoms with Crippen molar-refractivity contribution < 1.29 is 32.6 Å². The number of hydrogen-bond acceptors (Lipinski definition) is 6. The number of nitrogens with one attached hydrogen (secondary N) is 1. The smallest absolute Gasteiger partial charge is 0.331 e. The molecular formula is C25H23F3N2O4S2. The number of aromatic nitrogens is 1. The second kappa shape index (κ2) is 12.2. The number of carboxylic acids is 1. The Bertz CT molecular complexity index is 1290. The largest absolute Gasteiger partial charge is 0.478 e. The summed E-state index contributed by atoms with van der Waals surface area (Å²) in [4.78, 5) is 27.8. The van der Waals surface area contributed by atoms with Crippen molar-refractivity contribution in [2.75, 3.05) is 24.4 Å². The molecule has 2 N–H and O–H groups in total. The highest BCUT2D eigenvalue weighted by Crippen LogP contribution is 2.33. The zero-order valence-electron chi connectivity index (χ0n) is 19.6. The van der Waals surface area contributed by atoms with E-state index in [9.17, 15) is 18.4 Å². The third-order valence-corrected chi connectivity index (χ3v) is 6.69. The molecule has 0 bridgehead atoms. The molecule has 11 heteroatoms. The molecule has 0 aliphatic carbocycles. The molecule has 1 atom stereocenters. The number of nitrogens with zero attached hydrogens (tertiary/aromatic N) is 1. The maximum Gasteiger partial charge on any atom is 0.331 e. The van der Waals surface area contributed by atoms with Crippen molar-refractivity contribution in [3.8, 4) is 11.3 Å². The molecule has 1 heterocycles. The number of thioether (sulfide) groups is 1. The number of carbonyl (C=O) groups excluding carboxylic acids is 1. The first-order valence-electron chi connectivity index (χ1n) is 10.6. The number of rotatable bonds is 10. The molecule has 3 rings (SSSR count). The average Bonchev–Trinajstić information content (AvgIpc) is 3.30. The number of carboxylic acid groups (broad SMARTS) is 1. The monoisotopic (exact) mass is 536 g/mol. The quantitative estimate of drug-likeness (QED) is 0.291. The van der Waals surface area contributed by atoms with Crippen LogP contribution in [-0.2, 0) is 9.53 Å². The summed E-state index contributed by atoms with van der Waals surface area (Å²) in [5.41, 5.74) is -0.227. The van der Waals surface area contributed by atoms with Crippen LogP contribution in [0.25, 0.3) is 17.3 Å². The summed E-state index contributed by atoms with van der Waals surface area (Å²) in [7, 11) is 1.52. The number of halogens is 3. The molecule has 190 valence electrons. The summed E-state index contributed by atoms with van der Waals surface area (Å²) in [5, 5.41) is 13.0. The number of methoxy groups -OCH3 is 1. The molecule has 0 saturated heterocycles. The minimum absolute atomic E-state index is 0.108. The van der Waals surface area contributed by atoms with Gasteiger partial charge in [0.2, 0.25) is 0 Å². The van der Waals surface area contributed by atoms with E-state index in [0.717, 1.165) is 35.3 Å². The van der Waals surface area contributed by atoms with Gasteiger partial charge in [0.05, 0.1) is 11.8 Å². The van der Waals surface area contributed by atoms with Crippen LogP contribution in [0.3, 0.4) is 0 Å². The summed E-state index contributed by atoms with van der Waals surface area (Å²) in [6.07, 6.45) is 3.02. The van der Waals surface area contributed by atoms with Crippen LogP contribution in [0.1, 0.15) is 40.9 Å². The lowest BCUT2D eigenvalue weighted by Gasteiger charge is -2.17. The number of thiazole rings is 1. The van der Waals surface area contributed by atoms with Gasteiger partial charge in [0.25, 0.3) is 5.91 Å². The van der Waals surface area contributed by atoms with E-state index in [0.29, 0.717) is 12.0 Å². The second-order valence-electron chi connectivity index (χ2n) is 7.69. The van der Waals surface area contributed by atoms with Gasteiger partial charge in [0, 0.05) is 40.3 Å². The van der Waals surface area contributed by atoms with E-state index >= 15 is 4.39 Å². The Labute approximate surface area is 214 Å². The van der Waals surface area contributed by atoms with Crippen LogP contribution in [-0.4, -0.2) is 41.1 Å². The summed E-state index contributed by atoms with van der Waals surface area (Å²) >= 11 is 2.66. The van der Waals surface area contributed by atoms with E-state index in [2.05, 4.69) is 10.3 Å². The van der Waals surface area contributed by atoms with Crippen LogP contribution < -0.4 is 5.32 Å². The zero-order chi connectivity index (χ0) is 26.4. The molecular weight excluding hydrogens is 513 g/mol. The van der Waals surface area contributed by atoms with Gasteiger partial charge in [-0.1, -0.05) is 12.1 Å². The number of aliphatic carboxylic acids is 1. The summed E-state index contributed by atoms with van der Waals surface area (Å²) in [5.74, 6) is -4.01. The van der Waals surface area contributed by atoms with Crippen molar-refractivity contribution in [1.29, 1.82) is 0 Å². The Morgan fingerprint density at radius 1 is 1.25 bits per heavy atom. The molecule has 1 amide bonds. The summed E-state index contributed by atoms with van der Waals surface area (Å²) < 4.78 is 49.5. The van der Waals surface area contributed by atoms with Gasteiger partial charge in [-0.25, -0.2) is 22.9 Å². The van der Waals surface area contributed by atoms with Crippen LogP contribution in [0.4, 0.5) is 18.3 Å². The number of ether oxygens (including phenoxy) is 1. The molecule has 0 fully saturated rings. The molecule has 0 saturated carbocycles. The van der Waals surface area contributed by atoms with Gasteiger partial charge in [-0.3, -0.25) is 10.1 Å². The highest BCUT2D eigenvalue weighted by Gasteiger charge is 2.21. The molecule has 0 radical (unpaired) electrons. The average molecular weight is 537 g/mol. The molecule has 0 spiro atoms. The number of anilines is 1. The minimum Gasteiger partial charge on any atom is -0.478 e. The second-order valence-corrected chi connectivity index (χ2v) is 9.54. The third-order valence-electron chi connectivity index (χ3n) is 5.28. The van der Waals surface area contributed by atoms with Crippen molar-refractivity contribution in [2.24, 2.45) is 0 Å². The Morgan fingerprint density at radius 3 is 2.56 bits per heavy atom. The summed E-state index contributed by atoms with van der Waals surface area (Å²) in [6, 6.07) is 6.52. The van der Waals surface area contributed by atoms with Crippen molar-refractivity contribution >= 4 is 46.2 Å². The molecule has 3 aromatic rings. The van der Waals surface area contributed by atoms with Gasteiger partial charge in [-0.2, -0.15) is 11.8 Å². The highest BCUT2D eigenvalue weighted by atomic mass is 32.2. The topological polar surface area (TPSA) is 88.5 Å². The molecule has 36 heavy (non-hydrogen) atoms. The van der Waals surface area contributed by atoms with Crippen molar-refractivity contribution in [1.82, 2.24) is 4.98 Å². The number of hydrogen-bond donors (Lipinski definition) is 2.